The molecule has 0 aliphatic carbocycles. The number of aryl methyl sites for hydroxylation is 1. The molecule has 1 aromatic heterocycles. The molecular weight excluding hydrogens is 145 g/mol. The van der Waals surface area contributed by atoms with Crippen LogP contribution in [0.2, 0.25) is 0 Å². The molecule has 0 saturated carbocycles. The zero-order valence-corrected chi connectivity index (χ0v) is 6.10. The van der Waals surface area contributed by atoms with Gasteiger partial charge in [-0.05, 0) is 18.6 Å². The van der Waals surface area contributed by atoms with E-state index in [0.717, 1.165) is 0 Å². The largest absolute Gasteiger partial charge is 0.555 e. The summed E-state index contributed by atoms with van der Waals surface area (Å²) in [6.07, 6.45) is 1.39. The molecule has 1 rings (SSSR count). The van der Waals surface area contributed by atoms with Crippen LogP contribution in [0.3, 0.4) is 0 Å². The van der Waals surface area contributed by atoms with Crippen molar-refractivity contribution in [1.29, 1.82) is 0 Å². The molecule has 0 atom stereocenters. The predicted octanol–water partition coefficient (Wildman–Crippen LogP) is -1.49. The molecule has 3 N–H and O–H groups in total. The van der Waals surface area contributed by atoms with Crippen LogP contribution < -0.4 is 5.59 Å². The van der Waals surface area contributed by atoms with Gasteiger partial charge in [0.2, 0.25) is 0 Å². The van der Waals surface area contributed by atoms with Gasteiger partial charge < -0.3 is 15.1 Å². The average molecular weight is 154 g/mol. The van der Waals surface area contributed by atoms with Crippen LogP contribution in [-0.2, 0) is 0 Å². The molecule has 0 radical (unpaired) electrons. The monoisotopic (exact) mass is 154 g/mol. The van der Waals surface area contributed by atoms with Crippen molar-refractivity contribution in [1.82, 2.24) is 4.98 Å². The highest BCUT2D eigenvalue weighted by Gasteiger charge is 2.21. The van der Waals surface area contributed by atoms with Crippen LogP contribution in [0.25, 0.3) is 0 Å². The molecule has 0 amide bonds. The van der Waals surface area contributed by atoms with Gasteiger partial charge in [-0.2, -0.15) is 0 Å². The quantitative estimate of drug-likeness (QED) is 0.431. The van der Waals surface area contributed by atoms with E-state index in [2.05, 4.69) is 4.98 Å². The summed E-state index contributed by atoms with van der Waals surface area (Å²) >= 11 is 0. The van der Waals surface area contributed by atoms with E-state index in [1.54, 1.807) is 19.1 Å². The Morgan fingerprint density at radius 1 is 1.36 bits per heavy atom. The topological polar surface area (TPSA) is 73.6 Å². The maximum absolute atomic E-state index is 8.78. The number of aromatic nitrogens is 1. The van der Waals surface area contributed by atoms with Crippen molar-refractivity contribution in [2.75, 3.05) is 0 Å². The second kappa shape index (κ2) is 2.62. The molecule has 4 nitrogen and oxygen atoms in total. The van der Waals surface area contributed by atoms with Crippen molar-refractivity contribution in [2.24, 2.45) is 0 Å². The molecule has 0 fully saturated rings. The summed E-state index contributed by atoms with van der Waals surface area (Å²) in [5.74, 6) is 0. The van der Waals surface area contributed by atoms with Crippen LogP contribution in [0.15, 0.2) is 18.3 Å². The van der Waals surface area contributed by atoms with E-state index in [9.17, 15) is 0 Å². The summed E-state index contributed by atoms with van der Waals surface area (Å²) in [5.41, 5.74) is 0.479. The Balaban J connectivity index is 3.14. The first kappa shape index (κ1) is 8.19. The molecule has 0 aliphatic heterocycles. The smallest absolute Gasteiger partial charge is 0.420 e. The van der Waals surface area contributed by atoms with Crippen molar-refractivity contribution in [3.8, 4) is 0 Å². The number of pyridine rings is 1. The molecule has 0 saturated heterocycles. The number of hydrogen-bond donors (Lipinski definition) is 3. The van der Waals surface area contributed by atoms with Crippen molar-refractivity contribution in [2.45, 2.75) is 6.92 Å². The lowest BCUT2D eigenvalue weighted by atomic mass is 9.73. The van der Waals surface area contributed by atoms with E-state index in [4.69, 9.17) is 15.1 Å². The van der Waals surface area contributed by atoms with Crippen LogP contribution in [0, 0.1) is 6.92 Å². The van der Waals surface area contributed by atoms with Crippen LogP contribution >= 0.6 is 0 Å². The van der Waals surface area contributed by atoms with Crippen LogP contribution in [-0.4, -0.2) is 26.8 Å². The van der Waals surface area contributed by atoms with Crippen LogP contribution in [0.1, 0.15) is 5.56 Å². The molecule has 0 unspecified atom stereocenters. The summed E-state index contributed by atoms with van der Waals surface area (Å²) in [4.78, 5) is 3.63. The third kappa shape index (κ3) is 1.77. The number of nitrogens with zero attached hydrogens (tertiary/aromatic N) is 1. The zero-order valence-electron chi connectivity index (χ0n) is 6.10. The van der Waals surface area contributed by atoms with E-state index in [0.29, 0.717) is 5.56 Å². The zero-order chi connectivity index (χ0) is 8.48. The molecule has 60 valence electrons. The molecule has 0 spiro atoms. The first-order valence-electron chi connectivity index (χ1n) is 3.25. The highest BCUT2D eigenvalue weighted by Crippen LogP contribution is 1.94. The van der Waals surface area contributed by atoms with Gasteiger partial charge in [0.25, 0.3) is 0 Å². The Morgan fingerprint density at radius 2 is 2.00 bits per heavy atom. The van der Waals surface area contributed by atoms with Gasteiger partial charge in [0.05, 0.1) is 0 Å². The van der Waals surface area contributed by atoms with Crippen molar-refractivity contribution >= 4 is 12.3 Å². The Morgan fingerprint density at radius 3 is 2.36 bits per heavy atom. The van der Waals surface area contributed by atoms with Crippen molar-refractivity contribution in [3.63, 3.8) is 0 Å². The Kier molecular flexibility index (Phi) is 1.95. The maximum atomic E-state index is 8.78. The second-order valence-electron chi connectivity index (χ2n) is 2.44. The van der Waals surface area contributed by atoms with Gasteiger partial charge in [0.15, 0.2) is 0 Å². The minimum atomic E-state index is -3.44. The van der Waals surface area contributed by atoms with Gasteiger partial charge in [0.1, 0.15) is 0 Å². The standard InChI is InChI=1S/C6H9BNO3/c1-5-3-2-4-8-6(5)7(9,10)11/h2-4,9-11H,1H3/q-1. The summed E-state index contributed by atoms with van der Waals surface area (Å²) in [6, 6.07) is 3.29. The van der Waals surface area contributed by atoms with Gasteiger partial charge in [-0.15, -0.1) is 0 Å². The predicted molar refractivity (Wildman–Crippen MR) is 41.0 cm³/mol. The fourth-order valence-electron chi connectivity index (χ4n) is 0.903. The van der Waals surface area contributed by atoms with Gasteiger partial charge in [-0.25, -0.2) is 0 Å². The summed E-state index contributed by atoms with van der Waals surface area (Å²) in [6.45, 7) is -1.80. The number of rotatable bonds is 1. The normalized spacial score (nSPS) is 11.6. The molecule has 5 heteroatoms. The first-order chi connectivity index (χ1) is 5.02. The molecule has 0 aliphatic rings. The summed E-state index contributed by atoms with van der Waals surface area (Å²) < 4.78 is 0. The lowest BCUT2D eigenvalue weighted by Gasteiger charge is -2.21. The third-order valence-corrected chi connectivity index (χ3v) is 1.42. The molecule has 11 heavy (non-hydrogen) atoms. The molecular formula is C6H9BNO3-. The van der Waals surface area contributed by atoms with Gasteiger partial charge in [-0.1, -0.05) is 11.6 Å². The van der Waals surface area contributed by atoms with E-state index in [1.807, 2.05) is 0 Å². The lowest BCUT2D eigenvalue weighted by molar-refractivity contribution is 0.248. The first-order valence-corrected chi connectivity index (χ1v) is 3.25. The minimum Gasteiger partial charge on any atom is -0.555 e. The van der Waals surface area contributed by atoms with E-state index in [1.165, 1.54) is 6.20 Å². The molecule has 0 aromatic carbocycles. The molecule has 1 heterocycles. The second-order valence-corrected chi connectivity index (χ2v) is 2.44. The Hall–Kier alpha value is -0.905. The number of hydrogen-bond acceptors (Lipinski definition) is 4. The highest BCUT2D eigenvalue weighted by atomic mass is 16.5. The fraction of sp³-hybridized carbons (Fsp3) is 0.167. The molecule has 1 aromatic rings. The highest BCUT2D eigenvalue weighted by molar-refractivity contribution is 6.71. The third-order valence-electron chi connectivity index (χ3n) is 1.42. The van der Waals surface area contributed by atoms with Crippen molar-refractivity contribution in [3.05, 3.63) is 23.9 Å². The van der Waals surface area contributed by atoms with Gasteiger partial charge >= 0.3 is 6.75 Å². The minimum absolute atomic E-state index is 0.0764. The lowest BCUT2D eigenvalue weighted by Crippen LogP contribution is -2.51. The summed E-state index contributed by atoms with van der Waals surface area (Å²) in [5, 5.41) is 26.3. The van der Waals surface area contributed by atoms with Crippen LogP contribution in [0.5, 0.6) is 0 Å². The van der Waals surface area contributed by atoms with Gasteiger partial charge in [0, 0.05) is 6.20 Å². The Bertz CT molecular complexity index is 258. The average Bonchev–Trinajstić information content (AvgIpc) is 1.86. The van der Waals surface area contributed by atoms with E-state index >= 15 is 0 Å². The van der Waals surface area contributed by atoms with Crippen molar-refractivity contribution < 1.29 is 15.1 Å². The molecule has 0 bridgehead atoms. The fourth-order valence-corrected chi connectivity index (χ4v) is 0.903. The van der Waals surface area contributed by atoms with Crippen LogP contribution in [0.4, 0.5) is 0 Å². The van der Waals surface area contributed by atoms with Gasteiger partial charge in [-0.3, -0.25) is 4.98 Å². The van der Waals surface area contributed by atoms with E-state index in [-0.39, 0.29) is 5.59 Å². The Labute approximate surface area is 64.2 Å². The SMILES string of the molecule is Cc1cccnc1[B-](O)(O)O. The maximum Gasteiger partial charge on any atom is 0.420 e. The summed E-state index contributed by atoms with van der Waals surface area (Å²) in [7, 11) is 0. The van der Waals surface area contributed by atoms with E-state index < -0.39 is 6.75 Å².